The summed E-state index contributed by atoms with van der Waals surface area (Å²) in [6.07, 6.45) is 4.86. The summed E-state index contributed by atoms with van der Waals surface area (Å²) < 4.78 is 0. The van der Waals surface area contributed by atoms with Gasteiger partial charge in [0.25, 0.3) is 0 Å². The monoisotopic (exact) mass is 270 g/mol. The number of rotatable bonds is 3. The molecular weight excluding hydrogens is 252 g/mol. The van der Waals surface area contributed by atoms with Gasteiger partial charge in [0.1, 0.15) is 0 Å². The highest BCUT2D eigenvalue weighted by Gasteiger charge is 2.22. The Morgan fingerprint density at radius 3 is 2.70 bits per heavy atom. The molecule has 0 spiro atoms. The van der Waals surface area contributed by atoms with E-state index in [-0.39, 0.29) is 5.69 Å². The van der Waals surface area contributed by atoms with Gasteiger partial charge in [-0.1, -0.05) is 31.0 Å². The molecule has 0 atom stereocenters. The first kappa shape index (κ1) is 12.9. The van der Waals surface area contributed by atoms with E-state index >= 15 is 0 Å². The molecule has 4 nitrogen and oxygen atoms in total. The number of fused-ring (bicyclic) bond motifs is 1. The molecule has 1 aromatic heterocycles. The number of hydrogen-bond donors (Lipinski definition) is 1. The van der Waals surface area contributed by atoms with Crippen LogP contribution in [0.4, 0.5) is 5.69 Å². The third-order valence-electron chi connectivity index (χ3n) is 4.17. The van der Waals surface area contributed by atoms with E-state index in [0.29, 0.717) is 6.04 Å². The van der Waals surface area contributed by atoms with Crippen LogP contribution in [-0.2, 0) is 0 Å². The molecule has 1 N–H and O–H groups in total. The average Bonchev–Trinajstić information content (AvgIpc) is 2.99. The summed E-state index contributed by atoms with van der Waals surface area (Å²) in [5, 5.41) is 10.3. The molecule has 3 rings (SSSR count). The number of aromatic nitrogens is 1. The number of nitrogens with zero attached hydrogens (tertiary/aromatic N) is 2. The van der Waals surface area contributed by atoms with Gasteiger partial charge >= 0.3 is 5.97 Å². The Labute approximate surface area is 118 Å². The number of carboxylic acid groups (broad SMARTS) is 1. The molecule has 1 saturated carbocycles. The number of aromatic carboxylic acids is 1. The molecular formula is C16H18N2O2. The van der Waals surface area contributed by atoms with E-state index in [9.17, 15) is 9.90 Å². The van der Waals surface area contributed by atoms with Gasteiger partial charge in [0.15, 0.2) is 5.69 Å². The van der Waals surface area contributed by atoms with Gasteiger partial charge in [-0.25, -0.2) is 9.78 Å². The fourth-order valence-electron chi connectivity index (χ4n) is 3.05. The summed E-state index contributed by atoms with van der Waals surface area (Å²) in [5.74, 6) is -0.975. The first-order valence-electron chi connectivity index (χ1n) is 7.03. The summed E-state index contributed by atoms with van der Waals surface area (Å²) in [6, 6.07) is 9.94. The molecule has 0 unspecified atom stereocenters. The lowest BCUT2D eigenvalue weighted by Gasteiger charge is -2.28. The summed E-state index contributed by atoms with van der Waals surface area (Å²) in [6.45, 7) is 0. The molecule has 0 aliphatic heterocycles. The van der Waals surface area contributed by atoms with Crippen molar-refractivity contribution in [2.75, 3.05) is 11.9 Å². The molecule has 1 aliphatic rings. The van der Waals surface area contributed by atoms with Crippen LogP contribution in [0.15, 0.2) is 30.3 Å². The first-order valence-corrected chi connectivity index (χ1v) is 7.03. The van der Waals surface area contributed by atoms with E-state index in [4.69, 9.17) is 0 Å². The Hall–Kier alpha value is -2.10. The highest BCUT2D eigenvalue weighted by Crippen LogP contribution is 2.32. The summed E-state index contributed by atoms with van der Waals surface area (Å²) in [4.78, 5) is 17.7. The smallest absolute Gasteiger partial charge is 0.354 e. The minimum Gasteiger partial charge on any atom is -0.477 e. The van der Waals surface area contributed by atoms with Crippen LogP contribution in [0, 0.1) is 0 Å². The lowest BCUT2D eigenvalue weighted by atomic mass is 10.1. The largest absolute Gasteiger partial charge is 0.477 e. The molecule has 1 aliphatic carbocycles. The van der Waals surface area contributed by atoms with E-state index in [0.717, 1.165) is 16.6 Å². The van der Waals surface area contributed by atoms with E-state index in [2.05, 4.69) is 16.9 Å². The van der Waals surface area contributed by atoms with Crippen LogP contribution < -0.4 is 4.90 Å². The van der Waals surface area contributed by atoms with Gasteiger partial charge in [0.05, 0.1) is 5.52 Å². The van der Waals surface area contributed by atoms with Crippen LogP contribution >= 0.6 is 0 Å². The predicted molar refractivity (Wildman–Crippen MR) is 79.4 cm³/mol. The quantitative estimate of drug-likeness (QED) is 0.929. The molecule has 0 radical (unpaired) electrons. The van der Waals surface area contributed by atoms with E-state index < -0.39 is 5.97 Å². The maximum absolute atomic E-state index is 11.3. The fourth-order valence-corrected chi connectivity index (χ4v) is 3.05. The van der Waals surface area contributed by atoms with Crippen LogP contribution in [0.3, 0.4) is 0 Å². The van der Waals surface area contributed by atoms with Crippen molar-refractivity contribution in [1.29, 1.82) is 0 Å². The standard InChI is InChI=1S/C16H18N2O2/c1-18(11-6-2-3-7-11)15-10-14(16(19)20)17-13-9-5-4-8-12(13)15/h4-5,8-11H,2-3,6-7H2,1H3,(H,19,20). The van der Waals surface area contributed by atoms with E-state index in [1.54, 1.807) is 6.07 Å². The predicted octanol–water partition coefficient (Wildman–Crippen LogP) is 3.31. The van der Waals surface area contributed by atoms with Gasteiger partial charge in [-0.15, -0.1) is 0 Å². The normalized spacial score (nSPS) is 15.7. The van der Waals surface area contributed by atoms with Gasteiger partial charge in [-0.05, 0) is 25.0 Å². The third kappa shape index (κ3) is 2.22. The number of carbonyl (C=O) groups is 1. The number of anilines is 1. The molecule has 1 fully saturated rings. The second kappa shape index (κ2) is 5.12. The third-order valence-corrected chi connectivity index (χ3v) is 4.17. The Balaban J connectivity index is 2.13. The molecule has 1 heterocycles. The molecule has 0 amide bonds. The number of para-hydroxylation sites is 1. The maximum atomic E-state index is 11.3. The lowest BCUT2D eigenvalue weighted by molar-refractivity contribution is 0.0691. The number of benzene rings is 1. The van der Waals surface area contributed by atoms with Gasteiger partial charge in [0, 0.05) is 24.2 Å². The van der Waals surface area contributed by atoms with Gasteiger partial charge in [-0.2, -0.15) is 0 Å². The molecule has 20 heavy (non-hydrogen) atoms. The molecule has 0 bridgehead atoms. The van der Waals surface area contributed by atoms with Crippen LogP contribution in [0.25, 0.3) is 10.9 Å². The second-order valence-corrected chi connectivity index (χ2v) is 5.40. The van der Waals surface area contributed by atoms with Crippen LogP contribution in [0.2, 0.25) is 0 Å². The van der Waals surface area contributed by atoms with E-state index in [1.807, 2.05) is 24.3 Å². The Bertz CT molecular complexity index is 648. The number of hydrogen-bond acceptors (Lipinski definition) is 3. The summed E-state index contributed by atoms with van der Waals surface area (Å²) in [7, 11) is 2.06. The number of carboxylic acids is 1. The van der Waals surface area contributed by atoms with Crippen molar-refractivity contribution in [3.05, 3.63) is 36.0 Å². The van der Waals surface area contributed by atoms with Crippen molar-refractivity contribution in [3.8, 4) is 0 Å². The van der Waals surface area contributed by atoms with Crippen molar-refractivity contribution in [2.45, 2.75) is 31.7 Å². The van der Waals surface area contributed by atoms with Crippen molar-refractivity contribution >= 4 is 22.6 Å². The van der Waals surface area contributed by atoms with Crippen molar-refractivity contribution in [2.24, 2.45) is 0 Å². The lowest BCUT2D eigenvalue weighted by Crippen LogP contribution is -2.29. The van der Waals surface area contributed by atoms with Crippen molar-refractivity contribution in [1.82, 2.24) is 4.98 Å². The van der Waals surface area contributed by atoms with Crippen molar-refractivity contribution < 1.29 is 9.90 Å². The highest BCUT2D eigenvalue weighted by atomic mass is 16.4. The molecule has 2 aromatic rings. The van der Waals surface area contributed by atoms with Gasteiger partial charge in [-0.3, -0.25) is 0 Å². The van der Waals surface area contributed by atoms with Gasteiger partial charge in [0.2, 0.25) is 0 Å². The molecule has 1 aromatic carbocycles. The van der Waals surface area contributed by atoms with Crippen LogP contribution in [0.5, 0.6) is 0 Å². The molecule has 0 saturated heterocycles. The van der Waals surface area contributed by atoms with Crippen LogP contribution in [-0.4, -0.2) is 29.1 Å². The zero-order chi connectivity index (χ0) is 14.1. The minimum absolute atomic E-state index is 0.114. The summed E-state index contributed by atoms with van der Waals surface area (Å²) >= 11 is 0. The Morgan fingerprint density at radius 1 is 1.30 bits per heavy atom. The Kier molecular flexibility index (Phi) is 3.30. The number of pyridine rings is 1. The van der Waals surface area contributed by atoms with Crippen molar-refractivity contribution in [3.63, 3.8) is 0 Å². The SMILES string of the molecule is CN(c1cc(C(=O)O)nc2ccccc12)C1CCCC1. The first-order chi connectivity index (χ1) is 9.66. The van der Waals surface area contributed by atoms with E-state index in [1.165, 1.54) is 25.7 Å². The van der Waals surface area contributed by atoms with Crippen LogP contribution in [0.1, 0.15) is 36.2 Å². The zero-order valence-electron chi connectivity index (χ0n) is 11.5. The molecule has 104 valence electrons. The van der Waals surface area contributed by atoms with Gasteiger partial charge < -0.3 is 10.0 Å². The topological polar surface area (TPSA) is 53.4 Å². The fraction of sp³-hybridized carbons (Fsp3) is 0.375. The zero-order valence-corrected chi connectivity index (χ0v) is 11.5. The average molecular weight is 270 g/mol. The summed E-state index contributed by atoms with van der Waals surface area (Å²) in [5.41, 5.74) is 1.83. The molecule has 4 heteroatoms. The highest BCUT2D eigenvalue weighted by molar-refractivity contribution is 5.97. The Morgan fingerprint density at radius 2 is 2.00 bits per heavy atom. The second-order valence-electron chi connectivity index (χ2n) is 5.40. The maximum Gasteiger partial charge on any atom is 0.354 e. The minimum atomic E-state index is -0.975.